The monoisotopic (exact) mass is 406 g/mol. The van der Waals surface area contributed by atoms with Gasteiger partial charge in [0.25, 0.3) is 0 Å². The summed E-state index contributed by atoms with van der Waals surface area (Å²) in [7, 11) is 3.59. The van der Waals surface area contributed by atoms with Gasteiger partial charge in [-0.1, -0.05) is 0 Å². The Morgan fingerprint density at radius 2 is 2.12 bits per heavy atom. The van der Waals surface area contributed by atoms with Crippen LogP contribution in [0.25, 0.3) is 33.3 Å². The fourth-order valence-corrected chi connectivity index (χ4v) is 3.61. The highest BCUT2D eigenvalue weighted by molar-refractivity contribution is 9.10. The third kappa shape index (κ3) is 2.29. The minimum atomic E-state index is 0.118. The molecule has 0 fully saturated rings. The van der Waals surface area contributed by atoms with Crippen molar-refractivity contribution in [3.63, 3.8) is 0 Å². The normalized spacial score (nSPS) is 11.5. The minimum Gasteiger partial charge on any atom is -0.497 e. The quantitative estimate of drug-likeness (QED) is 0.492. The maximum absolute atomic E-state index is 13.7. The minimum absolute atomic E-state index is 0.118. The van der Waals surface area contributed by atoms with Gasteiger partial charge in [0.15, 0.2) is 18.0 Å². The first-order chi connectivity index (χ1) is 11.6. The zero-order valence-electron chi connectivity index (χ0n) is 12.8. The van der Waals surface area contributed by atoms with E-state index in [0.717, 1.165) is 22.2 Å². The molecule has 0 aliphatic heterocycles. The van der Waals surface area contributed by atoms with Gasteiger partial charge in [-0.25, -0.2) is 13.9 Å². The molecule has 5 nitrogen and oxygen atoms in total. The zero-order chi connectivity index (χ0) is 16.8. The Morgan fingerprint density at radius 3 is 2.88 bits per heavy atom. The van der Waals surface area contributed by atoms with E-state index in [1.54, 1.807) is 13.3 Å². The number of fused-ring (bicyclic) bond motifs is 2. The molecule has 0 saturated heterocycles. The molecule has 24 heavy (non-hydrogen) atoms. The van der Waals surface area contributed by atoms with Gasteiger partial charge in [0, 0.05) is 29.7 Å². The van der Waals surface area contributed by atoms with E-state index < -0.39 is 0 Å². The van der Waals surface area contributed by atoms with E-state index in [9.17, 15) is 3.89 Å². The molecule has 3 aromatic heterocycles. The van der Waals surface area contributed by atoms with Crippen LogP contribution in [0.5, 0.6) is 5.75 Å². The van der Waals surface area contributed by atoms with Crippen LogP contribution in [-0.4, -0.2) is 25.6 Å². The Kier molecular flexibility index (Phi) is 3.73. The maximum atomic E-state index is 13.7. The lowest BCUT2D eigenvalue weighted by Gasteiger charge is -2.04. The summed E-state index contributed by atoms with van der Waals surface area (Å²) in [5.74, 6) is 0.754. The van der Waals surface area contributed by atoms with Crippen LogP contribution in [0.4, 0.5) is 3.89 Å². The van der Waals surface area contributed by atoms with Gasteiger partial charge in [-0.2, -0.15) is 0 Å². The topological polar surface area (TPSA) is 44.9 Å². The third-order valence-corrected chi connectivity index (χ3v) is 4.87. The number of ether oxygens (including phenoxy) is 1. The molecule has 3 heterocycles. The Morgan fingerprint density at radius 1 is 1.29 bits per heavy atom. The predicted octanol–water partition coefficient (Wildman–Crippen LogP) is 4.74. The van der Waals surface area contributed by atoms with Crippen molar-refractivity contribution in [2.45, 2.75) is 0 Å². The molecule has 4 aromatic rings. The summed E-state index contributed by atoms with van der Waals surface area (Å²) in [6.45, 7) is 0. The summed E-state index contributed by atoms with van der Waals surface area (Å²) in [6.07, 6.45) is 3.53. The van der Waals surface area contributed by atoms with Crippen LogP contribution < -0.4 is 4.74 Å². The molecule has 0 N–H and O–H groups in total. The number of nitrogens with zero attached hydrogens (tertiary/aromatic N) is 4. The lowest BCUT2D eigenvalue weighted by molar-refractivity contribution is 0.415. The number of methoxy groups -OCH3 is 1. The second-order valence-electron chi connectivity index (χ2n) is 5.33. The first-order valence-electron chi connectivity index (χ1n) is 7.09. The summed E-state index contributed by atoms with van der Waals surface area (Å²) >= 11 is 3.42. The fourth-order valence-electron chi connectivity index (χ4n) is 2.89. The van der Waals surface area contributed by atoms with Crippen LogP contribution in [-0.2, 0) is 7.05 Å². The van der Waals surface area contributed by atoms with E-state index in [-0.39, 0.29) is 12.3 Å². The molecule has 0 radical (unpaired) electrons. The molecule has 122 valence electrons. The van der Waals surface area contributed by atoms with Crippen LogP contribution in [0.15, 0.2) is 41.3 Å². The molecule has 0 unspecified atom stereocenters. The van der Waals surface area contributed by atoms with Crippen LogP contribution in [0.1, 0.15) is 0 Å². The molecular weight excluding hydrogens is 395 g/mol. The van der Waals surface area contributed by atoms with Gasteiger partial charge in [0.2, 0.25) is 0 Å². The van der Waals surface area contributed by atoms with Crippen molar-refractivity contribution in [2.24, 2.45) is 7.05 Å². The van der Waals surface area contributed by atoms with Gasteiger partial charge >= 0.3 is 0 Å². The Hall–Kier alpha value is -2.06. The van der Waals surface area contributed by atoms with E-state index >= 15 is 0 Å². The highest BCUT2D eigenvalue weighted by Crippen LogP contribution is 2.37. The number of rotatable bonds is 3. The first kappa shape index (κ1) is 15.5. The average Bonchev–Trinajstić information content (AvgIpc) is 3.11. The standard InChI is InChI=1S/C16H12BrFN4OS/c1-21-8-11(10-5-9(23-2)3-4-13(10)21)14-6-12-16(22(14)24-18)19-7-15(17)20-12/h3-8H,1-2H3. The largest absolute Gasteiger partial charge is 0.497 e. The summed E-state index contributed by atoms with van der Waals surface area (Å²) < 4.78 is 23.1. The first-order valence-corrected chi connectivity index (χ1v) is 8.55. The van der Waals surface area contributed by atoms with Crippen LogP contribution >= 0.6 is 28.3 Å². The molecule has 1 aromatic carbocycles. The predicted molar refractivity (Wildman–Crippen MR) is 97.8 cm³/mol. The van der Waals surface area contributed by atoms with Crippen molar-refractivity contribution in [2.75, 3.05) is 7.11 Å². The van der Waals surface area contributed by atoms with Crippen LogP contribution in [0.3, 0.4) is 0 Å². The molecule has 0 aliphatic rings. The van der Waals surface area contributed by atoms with Crippen molar-refractivity contribution < 1.29 is 8.62 Å². The van der Waals surface area contributed by atoms with Crippen molar-refractivity contribution in [3.8, 4) is 17.0 Å². The van der Waals surface area contributed by atoms with Crippen molar-refractivity contribution in [3.05, 3.63) is 41.3 Å². The SMILES string of the molecule is COc1ccc2c(c1)c(-c1cc3nc(Br)cnc3n1SF)cn2C. The number of hydrogen-bond acceptors (Lipinski definition) is 4. The highest BCUT2D eigenvalue weighted by atomic mass is 79.9. The van der Waals surface area contributed by atoms with Gasteiger partial charge in [0.1, 0.15) is 15.9 Å². The second-order valence-corrected chi connectivity index (χ2v) is 6.65. The summed E-state index contributed by atoms with van der Waals surface area (Å²) in [6, 6.07) is 7.69. The number of aryl methyl sites for hydroxylation is 1. The molecular formula is C16H12BrFN4OS. The summed E-state index contributed by atoms with van der Waals surface area (Å²) in [5, 5.41) is 0.981. The van der Waals surface area contributed by atoms with Gasteiger partial charge < -0.3 is 9.30 Å². The van der Waals surface area contributed by atoms with Gasteiger partial charge in [-0.15, -0.1) is 3.89 Å². The van der Waals surface area contributed by atoms with E-state index in [0.29, 0.717) is 21.5 Å². The molecule has 0 amide bonds. The number of benzene rings is 1. The lowest BCUT2D eigenvalue weighted by Crippen LogP contribution is -1.90. The van der Waals surface area contributed by atoms with Crippen LogP contribution in [0, 0.1) is 0 Å². The van der Waals surface area contributed by atoms with E-state index in [1.165, 1.54) is 3.97 Å². The number of halogens is 2. The van der Waals surface area contributed by atoms with Gasteiger partial charge in [-0.05, 0) is 40.2 Å². The lowest BCUT2D eigenvalue weighted by atomic mass is 10.1. The highest BCUT2D eigenvalue weighted by Gasteiger charge is 2.18. The summed E-state index contributed by atoms with van der Waals surface area (Å²) in [4.78, 5) is 8.65. The maximum Gasteiger partial charge on any atom is 0.171 e. The third-order valence-electron chi connectivity index (χ3n) is 3.98. The van der Waals surface area contributed by atoms with Crippen molar-refractivity contribution in [1.82, 2.24) is 18.5 Å². The van der Waals surface area contributed by atoms with E-state index in [4.69, 9.17) is 4.74 Å². The van der Waals surface area contributed by atoms with E-state index in [1.807, 2.05) is 42.1 Å². The fraction of sp³-hybridized carbons (Fsp3) is 0.125. The molecule has 0 bridgehead atoms. The van der Waals surface area contributed by atoms with Crippen LogP contribution in [0.2, 0.25) is 0 Å². The average molecular weight is 407 g/mol. The number of hydrogen-bond donors (Lipinski definition) is 0. The smallest absolute Gasteiger partial charge is 0.171 e. The van der Waals surface area contributed by atoms with Crippen molar-refractivity contribution in [1.29, 1.82) is 0 Å². The Balaban J connectivity index is 2.05. The van der Waals surface area contributed by atoms with E-state index in [2.05, 4.69) is 25.9 Å². The number of aromatic nitrogens is 4. The molecule has 4 rings (SSSR count). The van der Waals surface area contributed by atoms with Crippen molar-refractivity contribution >= 4 is 50.3 Å². The van der Waals surface area contributed by atoms with Gasteiger partial charge in [-0.3, -0.25) is 0 Å². The molecule has 0 aliphatic carbocycles. The zero-order valence-corrected chi connectivity index (χ0v) is 15.2. The Bertz CT molecular complexity index is 1070. The Labute approximate surface area is 150 Å². The molecule has 8 heteroatoms. The van der Waals surface area contributed by atoms with Gasteiger partial charge in [0.05, 0.1) is 19.0 Å². The summed E-state index contributed by atoms with van der Waals surface area (Å²) in [5.41, 5.74) is 3.75. The molecule has 0 saturated carbocycles. The molecule has 0 spiro atoms. The second kappa shape index (κ2) is 5.78. The molecule has 0 atom stereocenters.